The van der Waals surface area contributed by atoms with E-state index in [1.54, 1.807) is 0 Å². The zero-order chi connectivity index (χ0) is 11.4. The molecule has 0 saturated heterocycles. The molecule has 1 nitrogen and oxygen atoms in total. The van der Waals surface area contributed by atoms with Crippen molar-refractivity contribution in [1.82, 2.24) is 0 Å². The smallest absolute Gasteiger partial charge is 0.0406 e. The number of hydrogen-bond donors (Lipinski definition) is 1. The standard InChI is InChI=1S/C14H14ClN/c15-13-7-3-11(4-8-13)1-2-12-5-9-14(16)10-6-12/h3-10H,1-2,16H2. The van der Waals surface area contributed by atoms with Crippen LogP contribution in [0, 0.1) is 0 Å². The molecule has 0 atom stereocenters. The third kappa shape index (κ3) is 3.01. The van der Waals surface area contributed by atoms with Gasteiger partial charge in [0.15, 0.2) is 0 Å². The second-order valence-corrected chi connectivity index (χ2v) is 4.30. The van der Waals surface area contributed by atoms with Crippen LogP contribution in [0.5, 0.6) is 0 Å². The van der Waals surface area contributed by atoms with Gasteiger partial charge in [-0.25, -0.2) is 0 Å². The Labute approximate surface area is 101 Å². The summed E-state index contributed by atoms with van der Waals surface area (Å²) in [6.07, 6.45) is 2.06. The van der Waals surface area contributed by atoms with E-state index in [0.29, 0.717) is 0 Å². The number of aryl methyl sites for hydroxylation is 2. The molecule has 0 aliphatic carbocycles. The van der Waals surface area contributed by atoms with Crippen LogP contribution in [0.1, 0.15) is 11.1 Å². The lowest BCUT2D eigenvalue weighted by molar-refractivity contribution is 0.961. The highest BCUT2D eigenvalue weighted by molar-refractivity contribution is 6.30. The van der Waals surface area contributed by atoms with Gasteiger partial charge in [-0.05, 0) is 48.2 Å². The molecule has 82 valence electrons. The van der Waals surface area contributed by atoms with Gasteiger partial charge in [-0.2, -0.15) is 0 Å². The van der Waals surface area contributed by atoms with Gasteiger partial charge in [0.25, 0.3) is 0 Å². The third-order valence-corrected chi connectivity index (χ3v) is 2.85. The number of nitrogen functional groups attached to an aromatic ring is 1. The SMILES string of the molecule is Nc1ccc(CCc2ccc(Cl)cc2)cc1. The molecular weight excluding hydrogens is 218 g/mol. The minimum Gasteiger partial charge on any atom is -0.399 e. The van der Waals surface area contributed by atoms with Gasteiger partial charge in [-0.15, -0.1) is 0 Å². The van der Waals surface area contributed by atoms with Gasteiger partial charge in [0.2, 0.25) is 0 Å². The van der Waals surface area contributed by atoms with E-state index in [2.05, 4.69) is 24.3 Å². The van der Waals surface area contributed by atoms with Crippen molar-refractivity contribution in [2.24, 2.45) is 0 Å². The Morgan fingerprint density at radius 2 is 1.19 bits per heavy atom. The lowest BCUT2D eigenvalue weighted by Crippen LogP contribution is -1.92. The van der Waals surface area contributed by atoms with Gasteiger partial charge >= 0.3 is 0 Å². The summed E-state index contributed by atoms with van der Waals surface area (Å²) in [5.74, 6) is 0. The predicted molar refractivity (Wildman–Crippen MR) is 69.7 cm³/mol. The Kier molecular flexibility index (Phi) is 3.47. The summed E-state index contributed by atoms with van der Waals surface area (Å²) in [7, 11) is 0. The number of benzene rings is 2. The number of hydrogen-bond acceptors (Lipinski definition) is 1. The van der Waals surface area contributed by atoms with E-state index >= 15 is 0 Å². The van der Waals surface area contributed by atoms with Gasteiger partial charge in [-0.3, -0.25) is 0 Å². The molecular formula is C14H14ClN. The molecule has 0 spiro atoms. The highest BCUT2D eigenvalue weighted by Crippen LogP contribution is 2.13. The van der Waals surface area contributed by atoms with Gasteiger partial charge in [-0.1, -0.05) is 35.9 Å². The number of anilines is 1. The molecule has 0 fully saturated rings. The highest BCUT2D eigenvalue weighted by atomic mass is 35.5. The van der Waals surface area contributed by atoms with Crippen LogP contribution in [0.15, 0.2) is 48.5 Å². The molecule has 0 unspecified atom stereocenters. The average molecular weight is 232 g/mol. The summed E-state index contributed by atoms with van der Waals surface area (Å²) in [4.78, 5) is 0. The third-order valence-electron chi connectivity index (χ3n) is 2.60. The van der Waals surface area contributed by atoms with Crippen molar-refractivity contribution in [3.8, 4) is 0 Å². The van der Waals surface area contributed by atoms with Crippen LogP contribution in [0.3, 0.4) is 0 Å². The minimum absolute atomic E-state index is 0.788. The van der Waals surface area contributed by atoms with Crippen LogP contribution in [0.25, 0.3) is 0 Å². The Morgan fingerprint density at radius 3 is 1.69 bits per heavy atom. The fourth-order valence-electron chi connectivity index (χ4n) is 1.62. The quantitative estimate of drug-likeness (QED) is 0.801. The molecule has 0 amide bonds. The second-order valence-electron chi connectivity index (χ2n) is 3.87. The molecule has 0 aromatic heterocycles. The molecule has 2 rings (SSSR count). The second kappa shape index (κ2) is 5.04. The normalized spacial score (nSPS) is 10.3. The van der Waals surface area contributed by atoms with Crippen LogP contribution < -0.4 is 5.73 Å². The molecule has 0 aliphatic heterocycles. The Morgan fingerprint density at radius 1 is 0.750 bits per heavy atom. The van der Waals surface area contributed by atoms with E-state index in [-0.39, 0.29) is 0 Å². The first kappa shape index (κ1) is 11.0. The van der Waals surface area contributed by atoms with E-state index in [1.165, 1.54) is 11.1 Å². The summed E-state index contributed by atoms with van der Waals surface area (Å²) in [6, 6.07) is 16.0. The summed E-state index contributed by atoms with van der Waals surface area (Å²) >= 11 is 5.83. The first-order chi connectivity index (χ1) is 7.74. The average Bonchev–Trinajstić information content (AvgIpc) is 2.30. The first-order valence-corrected chi connectivity index (χ1v) is 5.71. The summed E-state index contributed by atoms with van der Waals surface area (Å²) in [6.45, 7) is 0. The zero-order valence-electron chi connectivity index (χ0n) is 8.99. The van der Waals surface area contributed by atoms with Crippen molar-refractivity contribution in [3.05, 3.63) is 64.7 Å². The van der Waals surface area contributed by atoms with Crippen molar-refractivity contribution < 1.29 is 0 Å². The van der Waals surface area contributed by atoms with Gasteiger partial charge in [0.1, 0.15) is 0 Å². The Hall–Kier alpha value is -1.47. The van der Waals surface area contributed by atoms with Gasteiger partial charge in [0.05, 0.1) is 0 Å². The van der Waals surface area contributed by atoms with Crippen LogP contribution in [0.4, 0.5) is 5.69 Å². The number of rotatable bonds is 3. The summed E-state index contributed by atoms with van der Waals surface area (Å²) < 4.78 is 0. The number of nitrogens with two attached hydrogens (primary N) is 1. The molecule has 2 aromatic rings. The Bertz CT molecular complexity index is 400. The predicted octanol–water partition coefficient (Wildman–Crippen LogP) is 3.71. The van der Waals surface area contributed by atoms with Crippen LogP contribution in [0.2, 0.25) is 5.02 Å². The van der Waals surface area contributed by atoms with Crippen molar-refractivity contribution in [3.63, 3.8) is 0 Å². The zero-order valence-corrected chi connectivity index (χ0v) is 9.74. The first-order valence-electron chi connectivity index (χ1n) is 5.33. The maximum Gasteiger partial charge on any atom is 0.0406 e. The molecule has 0 saturated carbocycles. The number of halogens is 1. The lowest BCUT2D eigenvalue weighted by atomic mass is 10.0. The van der Waals surface area contributed by atoms with Gasteiger partial charge in [0, 0.05) is 10.7 Å². The molecule has 0 heterocycles. The maximum atomic E-state index is 5.83. The topological polar surface area (TPSA) is 26.0 Å². The monoisotopic (exact) mass is 231 g/mol. The van der Waals surface area contributed by atoms with Crippen molar-refractivity contribution in [2.45, 2.75) is 12.8 Å². The lowest BCUT2D eigenvalue weighted by Gasteiger charge is -2.03. The van der Waals surface area contributed by atoms with Gasteiger partial charge < -0.3 is 5.73 Å². The van der Waals surface area contributed by atoms with E-state index in [4.69, 9.17) is 17.3 Å². The van der Waals surface area contributed by atoms with Crippen molar-refractivity contribution in [1.29, 1.82) is 0 Å². The van der Waals surface area contributed by atoms with E-state index in [0.717, 1.165) is 23.6 Å². The molecule has 16 heavy (non-hydrogen) atoms. The fraction of sp³-hybridized carbons (Fsp3) is 0.143. The van der Waals surface area contributed by atoms with Crippen molar-refractivity contribution in [2.75, 3.05) is 5.73 Å². The van der Waals surface area contributed by atoms with Crippen molar-refractivity contribution >= 4 is 17.3 Å². The highest BCUT2D eigenvalue weighted by Gasteiger charge is 1.96. The molecule has 2 N–H and O–H groups in total. The maximum absolute atomic E-state index is 5.83. The minimum atomic E-state index is 0.788. The molecule has 0 radical (unpaired) electrons. The summed E-state index contributed by atoms with van der Waals surface area (Å²) in [5, 5.41) is 0.788. The fourth-order valence-corrected chi connectivity index (χ4v) is 1.75. The van der Waals surface area contributed by atoms with Crippen LogP contribution in [-0.4, -0.2) is 0 Å². The molecule has 2 heteroatoms. The van der Waals surface area contributed by atoms with E-state index in [9.17, 15) is 0 Å². The largest absolute Gasteiger partial charge is 0.399 e. The Balaban J connectivity index is 1.97. The molecule has 0 aliphatic rings. The van der Waals surface area contributed by atoms with E-state index in [1.807, 2.05) is 24.3 Å². The van der Waals surface area contributed by atoms with Crippen LogP contribution >= 0.6 is 11.6 Å². The summed E-state index contributed by atoms with van der Waals surface area (Å²) in [5.41, 5.74) is 9.07. The molecule has 0 bridgehead atoms. The van der Waals surface area contributed by atoms with E-state index < -0.39 is 0 Å². The molecule has 2 aromatic carbocycles. The van der Waals surface area contributed by atoms with Crippen LogP contribution in [-0.2, 0) is 12.8 Å².